The second-order valence-electron chi connectivity index (χ2n) is 7.24. The van der Waals surface area contributed by atoms with Crippen LogP contribution in [0.4, 0.5) is 14.6 Å². The summed E-state index contributed by atoms with van der Waals surface area (Å²) in [5, 5.41) is 7.51. The lowest BCUT2D eigenvalue weighted by atomic mass is 10.3. The van der Waals surface area contributed by atoms with Crippen molar-refractivity contribution in [2.75, 3.05) is 31.1 Å². The van der Waals surface area contributed by atoms with E-state index in [1.54, 1.807) is 24.3 Å². The predicted molar refractivity (Wildman–Crippen MR) is 119 cm³/mol. The first-order chi connectivity index (χ1) is 14.9. The van der Waals surface area contributed by atoms with Crippen molar-refractivity contribution < 1.29 is 13.6 Å². The Labute approximate surface area is 185 Å². The molecule has 0 saturated carbocycles. The van der Waals surface area contributed by atoms with E-state index < -0.39 is 12.1 Å². The van der Waals surface area contributed by atoms with Gasteiger partial charge in [0.25, 0.3) is 5.91 Å². The molecule has 5 rings (SSSR count). The summed E-state index contributed by atoms with van der Waals surface area (Å²) in [6, 6.07) is 9.61. The van der Waals surface area contributed by atoms with E-state index >= 15 is 0 Å². The third kappa shape index (κ3) is 6.63. The second-order valence-corrected chi connectivity index (χ2v) is 7.75. The molecular weight excluding hydrogens is 422 g/mol. The number of hydrogen-bond donors (Lipinski definition) is 3. The summed E-state index contributed by atoms with van der Waals surface area (Å²) >= 11 is 3.91. The van der Waals surface area contributed by atoms with E-state index in [0.29, 0.717) is 35.9 Å². The second kappa shape index (κ2) is 11.1. The Morgan fingerprint density at radius 3 is 2.52 bits per heavy atom. The molecule has 2 aromatic heterocycles. The molecule has 2 aliphatic rings. The summed E-state index contributed by atoms with van der Waals surface area (Å²) in [6.07, 6.45) is 3.85. The van der Waals surface area contributed by atoms with E-state index in [4.69, 9.17) is 5.73 Å². The van der Waals surface area contributed by atoms with Gasteiger partial charge in [-0.25, -0.2) is 18.3 Å². The van der Waals surface area contributed by atoms with Gasteiger partial charge in [-0.05, 0) is 62.7 Å². The highest BCUT2D eigenvalue weighted by Crippen LogP contribution is 2.20. The third-order valence-electron chi connectivity index (χ3n) is 4.82. The number of amides is 1. The minimum atomic E-state index is -0.819. The number of carbonyl (C=O) groups is 1. The molecule has 4 heterocycles. The summed E-state index contributed by atoms with van der Waals surface area (Å²) in [4.78, 5) is 17.7. The van der Waals surface area contributed by atoms with Crippen LogP contribution >= 0.6 is 12.6 Å². The Hall–Kier alpha value is -2.72. The topological polar surface area (TPSA) is 88.5 Å². The van der Waals surface area contributed by atoms with Crippen LogP contribution in [0.3, 0.4) is 0 Å². The van der Waals surface area contributed by atoms with Crippen LogP contribution in [0.25, 0.3) is 5.65 Å². The van der Waals surface area contributed by atoms with Crippen molar-refractivity contribution in [2.24, 2.45) is 5.73 Å². The van der Waals surface area contributed by atoms with Crippen molar-refractivity contribution in [2.45, 2.75) is 30.3 Å². The molecule has 2 aliphatic heterocycles. The van der Waals surface area contributed by atoms with Crippen LogP contribution in [0.15, 0.2) is 47.5 Å². The van der Waals surface area contributed by atoms with Gasteiger partial charge >= 0.3 is 0 Å². The van der Waals surface area contributed by atoms with Gasteiger partial charge < -0.3 is 16.0 Å². The quantitative estimate of drug-likeness (QED) is 0.525. The van der Waals surface area contributed by atoms with Gasteiger partial charge in [0.2, 0.25) is 0 Å². The van der Waals surface area contributed by atoms with Crippen LogP contribution in [-0.2, 0) is 0 Å². The number of nitrogens with zero attached hydrogens (tertiary/aromatic N) is 4. The molecule has 0 aliphatic carbocycles. The van der Waals surface area contributed by atoms with Gasteiger partial charge in [-0.3, -0.25) is 4.79 Å². The molecule has 1 aromatic carbocycles. The average molecular weight is 449 g/mol. The first-order valence-corrected chi connectivity index (χ1v) is 10.6. The number of carbonyl (C=O) groups excluding carboxylic acids is 1. The van der Waals surface area contributed by atoms with Crippen LogP contribution in [0.1, 0.15) is 29.8 Å². The molecule has 1 atom stereocenters. The summed E-state index contributed by atoms with van der Waals surface area (Å²) in [5.74, 6) is -0.197. The number of hydrogen-bond acceptors (Lipinski definition) is 6. The molecule has 2 saturated heterocycles. The fourth-order valence-electron chi connectivity index (χ4n) is 3.23. The van der Waals surface area contributed by atoms with E-state index in [2.05, 4.69) is 28.0 Å². The molecule has 1 unspecified atom stereocenters. The van der Waals surface area contributed by atoms with Gasteiger partial charge in [0.15, 0.2) is 5.65 Å². The molecule has 0 radical (unpaired) electrons. The first-order valence-electron chi connectivity index (χ1n) is 10.1. The number of fused-ring (bicyclic) bond motifs is 1. The van der Waals surface area contributed by atoms with E-state index in [1.165, 1.54) is 48.8 Å². The molecule has 31 heavy (non-hydrogen) atoms. The molecule has 1 amide bonds. The van der Waals surface area contributed by atoms with Gasteiger partial charge in [-0.15, -0.1) is 17.7 Å². The van der Waals surface area contributed by atoms with E-state index in [1.807, 2.05) is 4.90 Å². The summed E-state index contributed by atoms with van der Waals surface area (Å²) in [5.41, 5.74) is 6.01. The van der Waals surface area contributed by atoms with Crippen LogP contribution in [0.5, 0.6) is 0 Å². The minimum Gasteiger partial charge on any atom is -0.364 e. The SMILES string of the molecule is C1CCNC1.Fc1cccc(S)c1.NC(=O)c1cnc2ccc(N3CCC(F)C3)nn12. The lowest BCUT2D eigenvalue weighted by molar-refractivity contribution is 0.0993. The molecule has 166 valence electrons. The monoisotopic (exact) mass is 448 g/mol. The van der Waals surface area contributed by atoms with Crippen molar-refractivity contribution >= 4 is 30.0 Å². The average Bonchev–Trinajstić information content (AvgIpc) is 3.50. The maximum absolute atomic E-state index is 13.2. The number of aromatic nitrogens is 3. The number of halogens is 2. The largest absolute Gasteiger partial charge is 0.364 e. The molecule has 0 bridgehead atoms. The van der Waals surface area contributed by atoms with Gasteiger partial charge in [-0.1, -0.05) is 6.07 Å². The van der Waals surface area contributed by atoms with Crippen LogP contribution < -0.4 is 16.0 Å². The number of alkyl halides is 1. The van der Waals surface area contributed by atoms with E-state index in [0.717, 1.165) is 0 Å². The predicted octanol–water partition coefficient (Wildman–Crippen LogP) is 2.86. The molecule has 10 heteroatoms. The number of anilines is 1. The minimum absolute atomic E-state index is 0.225. The molecule has 7 nitrogen and oxygen atoms in total. The number of primary amides is 1. The number of benzene rings is 1. The first kappa shape index (κ1) is 23.0. The third-order valence-corrected chi connectivity index (χ3v) is 5.10. The lowest BCUT2D eigenvalue weighted by Gasteiger charge is -2.15. The van der Waals surface area contributed by atoms with E-state index in [9.17, 15) is 13.6 Å². The maximum atomic E-state index is 13.2. The normalized spacial score (nSPS) is 17.6. The van der Waals surface area contributed by atoms with Crippen LogP contribution in [-0.4, -0.2) is 52.9 Å². The highest BCUT2D eigenvalue weighted by atomic mass is 32.1. The number of rotatable bonds is 2. The van der Waals surface area contributed by atoms with Crippen molar-refractivity contribution in [1.82, 2.24) is 19.9 Å². The zero-order valence-electron chi connectivity index (χ0n) is 17.0. The van der Waals surface area contributed by atoms with Gasteiger partial charge in [0.1, 0.15) is 23.5 Å². The maximum Gasteiger partial charge on any atom is 0.269 e. The van der Waals surface area contributed by atoms with Gasteiger partial charge in [0, 0.05) is 11.4 Å². The van der Waals surface area contributed by atoms with Crippen LogP contribution in [0.2, 0.25) is 0 Å². The van der Waals surface area contributed by atoms with Crippen molar-refractivity contribution in [3.05, 3.63) is 54.1 Å². The Morgan fingerprint density at radius 1 is 1.23 bits per heavy atom. The molecule has 3 N–H and O–H groups in total. The Morgan fingerprint density at radius 2 is 2.00 bits per heavy atom. The standard InChI is InChI=1S/C11H12FN5O.C6H5FS.C4H9N/c12-7-3-4-16(6-7)10-2-1-9-14-5-8(11(13)18)17(9)15-10;7-5-2-1-3-6(8)4-5;1-2-4-5-3-1/h1-2,5,7H,3-4,6H2,(H2,13,18);1-4,8H;5H,1-4H2. The molecular formula is C21H26F2N6OS. The fraction of sp³-hybridized carbons (Fsp3) is 0.381. The van der Waals surface area contributed by atoms with E-state index in [-0.39, 0.29) is 11.5 Å². The summed E-state index contributed by atoms with van der Waals surface area (Å²) in [7, 11) is 0. The number of nitrogens with two attached hydrogens (primary N) is 1. The Bertz CT molecular complexity index is 986. The fourth-order valence-corrected chi connectivity index (χ4v) is 3.44. The zero-order valence-corrected chi connectivity index (χ0v) is 17.9. The van der Waals surface area contributed by atoms with Gasteiger partial charge in [-0.2, -0.15) is 0 Å². The zero-order chi connectivity index (χ0) is 22.2. The lowest BCUT2D eigenvalue weighted by Crippen LogP contribution is -2.22. The summed E-state index contributed by atoms with van der Waals surface area (Å²) in [6.45, 7) is 3.46. The number of imidazole rings is 1. The van der Waals surface area contributed by atoms with Crippen molar-refractivity contribution in [1.29, 1.82) is 0 Å². The van der Waals surface area contributed by atoms with Crippen LogP contribution in [0, 0.1) is 5.82 Å². The highest BCUT2D eigenvalue weighted by Gasteiger charge is 2.23. The smallest absolute Gasteiger partial charge is 0.269 e. The molecule has 3 aromatic rings. The van der Waals surface area contributed by atoms with Crippen molar-refractivity contribution in [3.63, 3.8) is 0 Å². The molecule has 0 spiro atoms. The Balaban J connectivity index is 0.000000171. The summed E-state index contributed by atoms with van der Waals surface area (Å²) < 4.78 is 26.7. The number of thiol groups is 1. The Kier molecular flexibility index (Phi) is 8.19. The highest BCUT2D eigenvalue weighted by molar-refractivity contribution is 7.80. The number of nitrogens with one attached hydrogen (secondary N) is 1. The van der Waals surface area contributed by atoms with Gasteiger partial charge in [0.05, 0.1) is 12.7 Å². The molecule has 2 fully saturated rings. The van der Waals surface area contributed by atoms with Crippen molar-refractivity contribution in [3.8, 4) is 0 Å².